The zero-order valence-corrected chi connectivity index (χ0v) is 25.6. The molecule has 41 heavy (non-hydrogen) atoms. The lowest BCUT2D eigenvalue weighted by Gasteiger charge is -2.38. The van der Waals surface area contributed by atoms with Crippen LogP contribution < -0.4 is 5.32 Å². The lowest BCUT2D eigenvalue weighted by atomic mass is 9.77. The summed E-state index contributed by atoms with van der Waals surface area (Å²) in [5, 5.41) is 3.31. The van der Waals surface area contributed by atoms with E-state index in [9.17, 15) is 18.0 Å². The molecule has 0 saturated carbocycles. The van der Waals surface area contributed by atoms with Crippen molar-refractivity contribution in [3.8, 4) is 0 Å². The molecule has 10 heteroatoms. The molecule has 3 saturated heterocycles. The van der Waals surface area contributed by atoms with E-state index < -0.39 is 9.84 Å². The maximum Gasteiger partial charge on any atom is 0.317 e. The summed E-state index contributed by atoms with van der Waals surface area (Å²) in [6, 6.07) is 17.1. The number of benzene rings is 2. The molecule has 0 aliphatic carbocycles. The number of halogens is 1. The van der Waals surface area contributed by atoms with Gasteiger partial charge in [0.25, 0.3) is 0 Å². The molecule has 1 atom stereocenters. The van der Waals surface area contributed by atoms with E-state index >= 15 is 0 Å². The average molecular weight is 603 g/mol. The Morgan fingerprint density at radius 3 is 2.17 bits per heavy atom. The Morgan fingerprint density at radius 1 is 0.902 bits per heavy atom. The fourth-order valence-corrected chi connectivity index (χ4v) is 7.06. The number of nitrogens with zero attached hydrogens (tertiary/aromatic N) is 3. The number of amides is 3. The lowest BCUT2D eigenvalue weighted by Crippen LogP contribution is -2.46. The summed E-state index contributed by atoms with van der Waals surface area (Å²) < 4.78 is 23.5. The summed E-state index contributed by atoms with van der Waals surface area (Å²) in [6.07, 6.45) is 7.96. The maximum atomic E-state index is 13.5. The van der Waals surface area contributed by atoms with Crippen LogP contribution >= 0.6 is 12.4 Å². The highest BCUT2D eigenvalue weighted by molar-refractivity contribution is 7.90. The minimum atomic E-state index is -3.23. The van der Waals surface area contributed by atoms with Gasteiger partial charge in [-0.25, -0.2) is 13.2 Å². The van der Waals surface area contributed by atoms with Gasteiger partial charge in [0.05, 0.1) is 16.4 Å². The van der Waals surface area contributed by atoms with E-state index in [1.165, 1.54) is 12.7 Å². The molecule has 5 rings (SSSR count). The van der Waals surface area contributed by atoms with Crippen molar-refractivity contribution in [2.75, 3.05) is 45.5 Å². The van der Waals surface area contributed by atoms with Crippen molar-refractivity contribution < 1.29 is 18.0 Å². The third kappa shape index (κ3) is 7.62. The third-order valence-corrected chi connectivity index (χ3v) is 10.1. The van der Waals surface area contributed by atoms with E-state index in [0.717, 1.165) is 88.9 Å². The summed E-state index contributed by atoms with van der Waals surface area (Å²) in [6.45, 7) is 5.56. The third-order valence-electron chi connectivity index (χ3n) is 9.02. The van der Waals surface area contributed by atoms with Gasteiger partial charge in [0.15, 0.2) is 9.84 Å². The van der Waals surface area contributed by atoms with Crippen molar-refractivity contribution >= 4 is 34.2 Å². The molecule has 0 radical (unpaired) electrons. The van der Waals surface area contributed by atoms with Crippen LogP contribution in [-0.2, 0) is 21.2 Å². The van der Waals surface area contributed by atoms with Crippen molar-refractivity contribution in [2.45, 2.75) is 62.4 Å². The molecule has 1 spiro atoms. The SMILES string of the molecule is CS(=O)(=O)c1ccc(CN2CCC3(CCN(CCC(NC(=O)N4CCCCC4)c4ccccc4)CC3)C2=O)cc1.Cl. The molecule has 1 N–H and O–H groups in total. The standard InChI is InChI=1S/C31H42N4O4S.ClH/c1-40(38,39)27-12-10-25(11-13-27)24-35-23-17-31(29(35)36)15-21-33(22-16-31)20-14-28(26-8-4-2-5-9-26)32-30(37)34-18-6-3-7-19-34;/h2,4-5,8-13,28H,3,6-7,14-24H2,1H3,(H,32,37);1H. The van der Waals surface area contributed by atoms with Crippen LogP contribution in [0.1, 0.15) is 62.1 Å². The minimum absolute atomic E-state index is 0. The number of carbonyl (C=O) groups excluding carboxylic acids is 2. The Labute approximate surface area is 250 Å². The second-order valence-corrected chi connectivity index (χ2v) is 13.8. The van der Waals surface area contributed by atoms with Crippen LogP contribution in [0.5, 0.6) is 0 Å². The van der Waals surface area contributed by atoms with Gasteiger partial charge >= 0.3 is 6.03 Å². The van der Waals surface area contributed by atoms with Crippen LogP contribution in [0.2, 0.25) is 0 Å². The number of nitrogens with one attached hydrogen (secondary N) is 1. The molecule has 3 fully saturated rings. The summed E-state index contributed by atoms with van der Waals surface area (Å²) >= 11 is 0. The van der Waals surface area contributed by atoms with Gasteiger partial charge in [0.1, 0.15) is 0 Å². The molecule has 2 aromatic rings. The zero-order valence-electron chi connectivity index (χ0n) is 24.0. The minimum Gasteiger partial charge on any atom is -0.338 e. The summed E-state index contributed by atoms with van der Waals surface area (Å²) in [7, 11) is -3.23. The van der Waals surface area contributed by atoms with Gasteiger partial charge in [0.2, 0.25) is 5.91 Å². The number of rotatable bonds is 8. The Kier molecular flexibility index (Phi) is 10.4. The molecular weight excluding hydrogens is 560 g/mol. The predicted octanol–water partition coefficient (Wildman–Crippen LogP) is 4.65. The van der Waals surface area contributed by atoms with Crippen molar-refractivity contribution in [1.29, 1.82) is 0 Å². The molecule has 3 amide bonds. The molecule has 2 aromatic carbocycles. The molecule has 8 nitrogen and oxygen atoms in total. The zero-order chi connectivity index (χ0) is 28.2. The first-order valence-corrected chi connectivity index (χ1v) is 16.5. The Morgan fingerprint density at radius 2 is 1.54 bits per heavy atom. The summed E-state index contributed by atoms with van der Waals surface area (Å²) in [5.41, 5.74) is 1.80. The summed E-state index contributed by atoms with van der Waals surface area (Å²) in [4.78, 5) is 33.1. The number of sulfone groups is 1. The van der Waals surface area contributed by atoms with Crippen LogP contribution in [0, 0.1) is 5.41 Å². The maximum absolute atomic E-state index is 13.5. The molecule has 0 aromatic heterocycles. The number of likely N-dealkylation sites (tertiary alicyclic amines) is 3. The fraction of sp³-hybridized carbons (Fsp3) is 0.548. The Hall–Kier alpha value is -2.62. The van der Waals surface area contributed by atoms with Crippen molar-refractivity contribution in [1.82, 2.24) is 20.0 Å². The fourth-order valence-electron chi connectivity index (χ4n) is 6.43. The lowest BCUT2D eigenvalue weighted by molar-refractivity contribution is -0.138. The molecule has 3 aliphatic heterocycles. The highest BCUT2D eigenvalue weighted by atomic mass is 35.5. The van der Waals surface area contributed by atoms with Gasteiger partial charge in [-0.3, -0.25) is 4.79 Å². The van der Waals surface area contributed by atoms with Gasteiger partial charge in [-0.05, 0) is 81.3 Å². The van der Waals surface area contributed by atoms with Gasteiger partial charge in [-0.2, -0.15) is 0 Å². The van der Waals surface area contributed by atoms with Gasteiger partial charge < -0.3 is 20.0 Å². The first-order valence-electron chi connectivity index (χ1n) is 14.6. The summed E-state index contributed by atoms with van der Waals surface area (Å²) in [5.74, 6) is 0.232. The van der Waals surface area contributed by atoms with Crippen LogP contribution in [-0.4, -0.2) is 80.6 Å². The van der Waals surface area contributed by atoms with Crippen molar-refractivity contribution in [2.24, 2.45) is 5.41 Å². The van der Waals surface area contributed by atoms with Crippen molar-refractivity contribution in [3.05, 3.63) is 65.7 Å². The monoisotopic (exact) mass is 602 g/mol. The largest absolute Gasteiger partial charge is 0.338 e. The number of urea groups is 1. The van der Waals surface area contributed by atoms with E-state index in [-0.39, 0.29) is 35.8 Å². The molecule has 3 aliphatic rings. The highest BCUT2D eigenvalue weighted by Gasteiger charge is 2.47. The molecular formula is C31H43ClN4O4S. The van der Waals surface area contributed by atoms with E-state index in [0.29, 0.717) is 11.4 Å². The molecule has 0 bridgehead atoms. The highest BCUT2D eigenvalue weighted by Crippen LogP contribution is 2.42. The van der Waals surface area contributed by atoms with E-state index in [1.54, 1.807) is 12.1 Å². The molecule has 224 valence electrons. The quantitative estimate of drug-likeness (QED) is 0.475. The van der Waals surface area contributed by atoms with E-state index in [4.69, 9.17) is 0 Å². The van der Waals surface area contributed by atoms with Gasteiger partial charge in [0, 0.05) is 39.0 Å². The van der Waals surface area contributed by atoms with Crippen LogP contribution in [0.15, 0.2) is 59.5 Å². The van der Waals surface area contributed by atoms with Crippen LogP contribution in [0.3, 0.4) is 0 Å². The van der Waals surface area contributed by atoms with Crippen molar-refractivity contribution in [3.63, 3.8) is 0 Å². The predicted molar refractivity (Wildman–Crippen MR) is 163 cm³/mol. The number of hydrogen-bond acceptors (Lipinski definition) is 5. The Bertz CT molecular complexity index is 1270. The van der Waals surface area contributed by atoms with E-state index in [1.807, 2.05) is 40.1 Å². The number of piperidine rings is 2. The van der Waals surface area contributed by atoms with Gasteiger partial charge in [-0.15, -0.1) is 12.4 Å². The second kappa shape index (κ2) is 13.6. The Balaban J connectivity index is 0.00000387. The van der Waals surface area contributed by atoms with Crippen LogP contribution in [0.4, 0.5) is 4.79 Å². The van der Waals surface area contributed by atoms with Crippen LogP contribution in [0.25, 0.3) is 0 Å². The average Bonchev–Trinajstić information content (AvgIpc) is 3.26. The molecule has 3 heterocycles. The molecule has 1 unspecified atom stereocenters. The topological polar surface area (TPSA) is 90.0 Å². The van der Waals surface area contributed by atoms with Gasteiger partial charge in [-0.1, -0.05) is 42.5 Å². The normalized spacial score (nSPS) is 20.1. The number of hydrogen-bond donors (Lipinski definition) is 1. The second-order valence-electron chi connectivity index (χ2n) is 11.8. The smallest absolute Gasteiger partial charge is 0.317 e. The van der Waals surface area contributed by atoms with E-state index in [2.05, 4.69) is 22.3 Å². The first kappa shape index (κ1) is 31.3. The number of carbonyl (C=O) groups is 2. The first-order chi connectivity index (χ1) is 19.2.